The fraction of sp³-hybridized carbons (Fsp3) is 0.526. The van der Waals surface area contributed by atoms with E-state index in [2.05, 4.69) is 55.9 Å². The predicted octanol–water partition coefficient (Wildman–Crippen LogP) is 4.44. The van der Waals surface area contributed by atoms with E-state index in [0.717, 1.165) is 19.4 Å². The summed E-state index contributed by atoms with van der Waals surface area (Å²) in [6, 6.07) is 6.61. The molecule has 1 aliphatic rings. The minimum Gasteiger partial charge on any atom is -0.370 e. The van der Waals surface area contributed by atoms with Crippen LogP contribution in [0.3, 0.4) is 0 Å². The molecule has 22 heavy (non-hydrogen) atoms. The van der Waals surface area contributed by atoms with Crippen LogP contribution in [-0.4, -0.2) is 16.3 Å². The van der Waals surface area contributed by atoms with E-state index in [4.69, 9.17) is 5.10 Å². The van der Waals surface area contributed by atoms with Crippen molar-refractivity contribution in [3.8, 4) is 5.69 Å². The van der Waals surface area contributed by atoms with E-state index in [0.29, 0.717) is 5.92 Å². The second kappa shape index (κ2) is 6.15. The minimum absolute atomic E-state index is 0.634. The molecule has 3 rings (SSSR count). The molecular weight excluding hydrogens is 270 g/mol. The lowest BCUT2D eigenvalue weighted by Gasteiger charge is -2.12. The minimum atomic E-state index is 0.634. The second-order valence-electron chi connectivity index (χ2n) is 6.96. The van der Waals surface area contributed by atoms with E-state index < -0.39 is 0 Å². The Hall–Kier alpha value is -1.77. The third-order valence-electron chi connectivity index (χ3n) is 4.41. The molecule has 118 valence electrons. The van der Waals surface area contributed by atoms with Crippen LogP contribution in [0.25, 0.3) is 5.69 Å². The largest absolute Gasteiger partial charge is 0.370 e. The van der Waals surface area contributed by atoms with Gasteiger partial charge in [-0.2, -0.15) is 5.10 Å². The van der Waals surface area contributed by atoms with Gasteiger partial charge in [0.25, 0.3) is 0 Å². The molecule has 2 heterocycles. The van der Waals surface area contributed by atoms with Gasteiger partial charge in [-0.3, -0.25) is 0 Å². The Bertz CT molecular complexity index is 668. The SMILES string of the molecule is Cc1ccc(C)c(-n2nc(CC(C)C)c3c2NCCCC3)c1. The van der Waals surface area contributed by atoms with E-state index >= 15 is 0 Å². The molecule has 3 nitrogen and oxygen atoms in total. The Morgan fingerprint density at radius 2 is 2.05 bits per heavy atom. The fourth-order valence-electron chi connectivity index (χ4n) is 3.25. The molecule has 0 spiro atoms. The van der Waals surface area contributed by atoms with Crippen LogP contribution < -0.4 is 5.32 Å². The van der Waals surface area contributed by atoms with Gasteiger partial charge in [0.15, 0.2) is 0 Å². The summed E-state index contributed by atoms with van der Waals surface area (Å²) in [5.41, 5.74) is 6.48. The number of benzene rings is 1. The number of rotatable bonds is 3. The average Bonchev–Trinajstić information content (AvgIpc) is 2.65. The number of hydrogen-bond donors (Lipinski definition) is 1. The topological polar surface area (TPSA) is 29.9 Å². The van der Waals surface area contributed by atoms with Gasteiger partial charge >= 0.3 is 0 Å². The van der Waals surface area contributed by atoms with Crippen LogP contribution in [0.2, 0.25) is 0 Å². The Morgan fingerprint density at radius 3 is 2.82 bits per heavy atom. The van der Waals surface area contributed by atoms with E-state index in [1.165, 1.54) is 46.7 Å². The van der Waals surface area contributed by atoms with Gasteiger partial charge in [-0.05, 0) is 62.6 Å². The standard InChI is InChI=1S/C19H27N3/c1-13(2)11-17-16-7-5-6-10-20-19(16)22(21-17)18-12-14(3)8-9-15(18)4/h8-9,12-13,20H,5-7,10-11H2,1-4H3. The van der Waals surface area contributed by atoms with E-state index in [1.807, 2.05) is 0 Å². The third kappa shape index (κ3) is 2.90. The van der Waals surface area contributed by atoms with Gasteiger partial charge in [-0.15, -0.1) is 0 Å². The zero-order chi connectivity index (χ0) is 15.7. The molecule has 0 saturated heterocycles. The molecule has 3 heteroatoms. The second-order valence-corrected chi connectivity index (χ2v) is 6.96. The molecule has 2 aromatic rings. The number of hydrogen-bond acceptors (Lipinski definition) is 2. The van der Waals surface area contributed by atoms with Crippen LogP contribution in [0.15, 0.2) is 18.2 Å². The van der Waals surface area contributed by atoms with Crippen molar-refractivity contribution < 1.29 is 0 Å². The summed E-state index contributed by atoms with van der Waals surface area (Å²) in [5.74, 6) is 1.86. The highest BCUT2D eigenvalue weighted by molar-refractivity contribution is 5.56. The molecule has 1 aromatic heterocycles. The summed E-state index contributed by atoms with van der Waals surface area (Å²) >= 11 is 0. The van der Waals surface area contributed by atoms with Crippen molar-refractivity contribution in [1.29, 1.82) is 0 Å². The number of anilines is 1. The highest BCUT2D eigenvalue weighted by Crippen LogP contribution is 2.30. The van der Waals surface area contributed by atoms with Crippen LogP contribution in [0, 0.1) is 19.8 Å². The highest BCUT2D eigenvalue weighted by atomic mass is 15.3. The summed E-state index contributed by atoms with van der Waals surface area (Å²) in [7, 11) is 0. The summed E-state index contributed by atoms with van der Waals surface area (Å²) < 4.78 is 2.15. The molecule has 0 fully saturated rings. The molecule has 0 amide bonds. The average molecular weight is 297 g/mol. The first-order valence-electron chi connectivity index (χ1n) is 8.48. The smallest absolute Gasteiger partial charge is 0.133 e. The highest BCUT2D eigenvalue weighted by Gasteiger charge is 2.21. The molecule has 0 bridgehead atoms. The lowest BCUT2D eigenvalue weighted by molar-refractivity contribution is 0.621. The van der Waals surface area contributed by atoms with Crippen LogP contribution in [-0.2, 0) is 12.8 Å². The number of nitrogens with one attached hydrogen (secondary N) is 1. The summed E-state index contributed by atoms with van der Waals surface area (Å²) in [5, 5.41) is 8.63. The molecule has 0 atom stereocenters. The van der Waals surface area contributed by atoms with Crippen LogP contribution in [0.4, 0.5) is 5.82 Å². The van der Waals surface area contributed by atoms with E-state index in [9.17, 15) is 0 Å². The number of nitrogens with zero attached hydrogens (tertiary/aromatic N) is 2. The maximum absolute atomic E-state index is 5.00. The van der Waals surface area contributed by atoms with Crippen molar-refractivity contribution in [2.24, 2.45) is 5.92 Å². The van der Waals surface area contributed by atoms with Gasteiger partial charge in [0.05, 0.1) is 11.4 Å². The number of aromatic nitrogens is 2. The third-order valence-corrected chi connectivity index (χ3v) is 4.41. The molecule has 0 unspecified atom stereocenters. The van der Waals surface area contributed by atoms with Crippen molar-refractivity contribution in [2.75, 3.05) is 11.9 Å². The van der Waals surface area contributed by atoms with Gasteiger partial charge in [-0.25, -0.2) is 4.68 Å². The first-order chi connectivity index (χ1) is 10.6. The Morgan fingerprint density at radius 1 is 1.23 bits per heavy atom. The zero-order valence-electron chi connectivity index (χ0n) is 14.2. The van der Waals surface area contributed by atoms with Gasteiger partial charge in [-0.1, -0.05) is 26.0 Å². The molecule has 0 radical (unpaired) electrons. The first-order valence-corrected chi connectivity index (χ1v) is 8.48. The quantitative estimate of drug-likeness (QED) is 0.908. The van der Waals surface area contributed by atoms with Crippen LogP contribution in [0.5, 0.6) is 0 Å². The van der Waals surface area contributed by atoms with Crippen LogP contribution >= 0.6 is 0 Å². The predicted molar refractivity (Wildman–Crippen MR) is 93.0 cm³/mol. The number of aryl methyl sites for hydroxylation is 2. The summed E-state index contributed by atoms with van der Waals surface area (Å²) in [6.45, 7) is 9.90. The maximum atomic E-state index is 5.00. The Balaban J connectivity index is 2.14. The Labute approximate surface area is 133 Å². The normalized spacial score (nSPS) is 14.6. The van der Waals surface area contributed by atoms with Crippen molar-refractivity contribution in [1.82, 2.24) is 9.78 Å². The van der Waals surface area contributed by atoms with Crippen LogP contribution in [0.1, 0.15) is 49.1 Å². The lowest BCUT2D eigenvalue weighted by atomic mass is 10.0. The maximum Gasteiger partial charge on any atom is 0.133 e. The van der Waals surface area contributed by atoms with Crippen molar-refractivity contribution in [3.63, 3.8) is 0 Å². The molecular formula is C19H27N3. The molecule has 0 aliphatic carbocycles. The molecule has 1 aliphatic heterocycles. The molecule has 1 N–H and O–H groups in total. The summed E-state index contributed by atoms with van der Waals surface area (Å²) in [6.07, 6.45) is 4.70. The van der Waals surface area contributed by atoms with Gasteiger partial charge in [0.2, 0.25) is 0 Å². The summed E-state index contributed by atoms with van der Waals surface area (Å²) in [4.78, 5) is 0. The molecule has 0 saturated carbocycles. The van der Waals surface area contributed by atoms with Crippen molar-refractivity contribution in [3.05, 3.63) is 40.6 Å². The van der Waals surface area contributed by atoms with E-state index in [1.54, 1.807) is 0 Å². The van der Waals surface area contributed by atoms with Crippen molar-refractivity contribution >= 4 is 5.82 Å². The Kier molecular flexibility index (Phi) is 4.23. The van der Waals surface area contributed by atoms with Gasteiger partial charge < -0.3 is 5.32 Å². The first kappa shape index (κ1) is 15.1. The zero-order valence-corrected chi connectivity index (χ0v) is 14.2. The fourth-order valence-corrected chi connectivity index (χ4v) is 3.25. The van der Waals surface area contributed by atoms with Gasteiger partial charge in [0, 0.05) is 12.1 Å². The van der Waals surface area contributed by atoms with E-state index in [-0.39, 0.29) is 0 Å². The van der Waals surface area contributed by atoms with Gasteiger partial charge in [0.1, 0.15) is 5.82 Å². The molecule has 1 aromatic carbocycles. The number of fused-ring (bicyclic) bond motifs is 1. The monoisotopic (exact) mass is 297 g/mol. The lowest BCUT2D eigenvalue weighted by Crippen LogP contribution is -2.08. The van der Waals surface area contributed by atoms with Crippen molar-refractivity contribution in [2.45, 2.75) is 53.4 Å².